The Hall–Kier alpha value is -2.69. The highest BCUT2D eigenvalue weighted by atomic mass is 32.2. The lowest BCUT2D eigenvalue weighted by molar-refractivity contribution is -0.379. The number of aryl methyl sites for hydroxylation is 1. The number of benzene rings is 2. The molecule has 3 rings (SSSR count). The predicted molar refractivity (Wildman–Crippen MR) is 92.7 cm³/mol. The third kappa shape index (κ3) is 4.05. The molecule has 0 saturated carbocycles. The summed E-state index contributed by atoms with van der Waals surface area (Å²) < 4.78 is 27.9. The monoisotopic (exact) mass is 356 g/mol. The molecule has 2 aromatic rings. The lowest BCUT2D eigenvalue weighted by Crippen LogP contribution is -2.27. The van der Waals surface area contributed by atoms with E-state index in [1.165, 1.54) is 17.7 Å². The number of nitrogens with one attached hydrogen (secondary N) is 1. The molecule has 0 bridgehead atoms. The first kappa shape index (κ1) is 17.1. The van der Waals surface area contributed by atoms with Gasteiger partial charge in [-0.15, -0.1) is 0 Å². The van der Waals surface area contributed by atoms with Gasteiger partial charge >= 0.3 is 0 Å². The largest absolute Gasteiger partial charge is 0.290 e. The third-order valence-electron chi connectivity index (χ3n) is 4.13. The van der Waals surface area contributed by atoms with Crippen molar-refractivity contribution >= 4 is 10.0 Å². The van der Waals surface area contributed by atoms with E-state index in [9.17, 15) is 18.5 Å². The number of nitro groups is 1. The van der Waals surface area contributed by atoms with Crippen molar-refractivity contribution in [1.29, 1.82) is 0 Å². The van der Waals surface area contributed by atoms with Crippen LogP contribution in [0.5, 0.6) is 0 Å². The first-order valence-corrected chi connectivity index (χ1v) is 9.26. The van der Waals surface area contributed by atoms with E-state index < -0.39 is 14.9 Å². The van der Waals surface area contributed by atoms with Gasteiger partial charge in [0.05, 0.1) is 4.90 Å². The Morgan fingerprint density at radius 2 is 1.88 bits per heavy atom. The number of sulfonamides is 1. The van der Waals surface area contributed by atoms with Gasteiger partial charge in [-0.3, -0.25) is 0 Å². The van der Waals surface area contributed by atoms with Crippen molar-refractivity contribution in [2.45, 2.75) is 30.2 Å². The summed E-state index contributed by atoms with van der Waals surface area (Å²) in [6.07, 6.45) is 1.80. The molecule has 0 amide bonds. The van der Waals surface area contributed by atoms with E-state index in [0.717, 1.165) is 24.0 Å². The van der Waals surface area contributed by atoms with E-state index >= 15 is 0 Å². The zero-order valence-electron chi connectivity index (χ0n) is 13.3. The molecular formula is C18H16N2O4S. The number of hydrogen-bond donors (Lipinski definition) is 1. The minimum atomic E-state index is -3.63. The summed E-state index contributed by atoms with van der Waals surface area (Å²) in [6.45, 7) is 0. The molecule has 1 N–H and O–H groups in total. The SMILES string of the molecule is O=[N+]([O-])C#CCc1ccc(S(=O)(=O)NC2CCc3ccccc32)cc1. The van der Waals surface area contributed by atoms with Crippen LogP contribution in [-0.4, -0.2) is 13.3 Å². The maximum absolute atomic E-state index is 12.6. The Balaban J connectivity index is 1.73. The smallest absolute Gasteiger partial charge is 0.249 e. The van der Waals surface area contributed by atoms with E-state index in [1.54, 1.807) is 12.1 Å². The molecule has 0 saturated heterocycles. The number of nitrogens with zero attached hydrogens (tertiary/aromatic N) is 1. The van der Waals surface area contributed by atoms with Crippen molar-refractivity contribution in [1.82, 2.24) is 4.72 Å². The normalized spacial score (nSPS) is 15.9. The van der Waals surface area contributed by atoms with Crippen LogP contribution in [0.3, 0.4) is 0 Å². The van der Waals surface area contributed by atoms with Crippen LogP contribution in [0, 0.1) is 22.1 Å². The molecule has 128 valence electrons. The van der Waals surface area contributed by atoms with Crippen LogP contribution in [-0.2, 0) is 22.9 Å². The molecule has 0 heterocycles. The van der Waals surface area contributed by atoms with Crippen LogP contribution in [0.2, 0.25) is 0 Å². The second-order valence-corrected chi connectivity index (χ2v) is 7.49. The molecule has 1 unspecified atom stereocenters. The molecule has 1 aliphatic carbocycles. The quantitative estimate of drug-likeness (QED) is 0.394. The van der Waals surface area contributed by atoms with Gasteiger partial charge in [0, 0.05) is 12.5 Å². The molecule has 0 spiro atoms. The number of rotatable bonds is 4. The van der Waals surface area contributed by atoms with Crippen LogP contribution in [0.1, 0.15) is 29.2 Å². The maximum Gasteiger partial charge on any atom is 0.290 e. The minimum Gasteiger partial charge on any atom is -0.249 e. The standard InChI is InChI=1S/C18H16N2O4S/c21-20(22)13-3-4-14-7-10-16(11-8-14)25(23,24)19-18-12-9-15-5-1-2-6-17(15)18/h1-2,5-8,10-11,18-19H,4,9,12H2. The van der Waals surface area contributed by atoms with Crippen LogP contribution in [0.15, 0.2) is 53.4 Å². The van der Waals surface area contributed by atoms with Crippen LogP contribution in [0.25, 0.3) is 0 Å². The summed E-state index contributed by atoms with van der Waals surface area (Å²) in [7, 11) is -3.63. The fourth-order valence-electron chi connectivity index (χ4n) is 2.93. The topological polar surface area (TPSA) is 89.3 Å². The molecule has 2 aromatic carbocycles. The Kier molecular flexibility index (Phi) is 4.83. The summed E-state index contributed by atoms with van der Waals surface area (Å²) in [4.78, 5) is 9.63. The van der Waals surface area contributed by atoms with Crippen molar-refractivity contribution in [3.63, 3.8) is 0 Å². The van der Waals surface area contributed by atoms with Crippen molar-refractivity contribution in [2.24, 2.45) is 0 Å². The Morgan fingerprint density at radius 3 is 2.60 bits per heavy atom. The Labute approximate surface area is 146 Å². The molecule has 1 atom stereocenters. The fourth-order valence-corrected chi connectivity index (χ4v) is 4.18. The highest BCUT2D eigenvalue weighted by Crippen LogP contribution is 2.32. The fraction of sp³-hybridized carbons (Fsp3) is 0.222. The Bertz CT molecular complexity index is 957. The van der Waals surface area contributed by atoms with E-state index in [1.807, 2.05) is 30.3 Å². The van der Waals surface area contributed by atoms with Gasteiger partial charge in [0.2, 0.25) is 10.0 Å². The van der Waals surface area contributed by atoms with Gasteiger partial charge in [0.1, 0.15) is 4.92 Å². The second kappa shape index (κ2) is 7.05. The molecule has 6 nitrogen and oxygen atoms in total. The van der Waals surface area contributed by atoms with Crippen molar-refractivity contribution < 1.29 is 13.3 Å². The lowest BCUT2D eigenvalue weighted by atomic mass is 10.1. The average molecular weight is 356 g/mol. The summed E-state index contributed by atoms with van der Waals surface area (Å²) in [5, 5.41) is 10.2. The highest BCUT2D eigenvalue weighted by molar-refractivity contribution is 7.89. The zero-order valence-corrected chi connectivity index (χ0v) is 14.1. The summed E-state index contributed by atoms with van der Waals surface area (Å²) in [6, 6.07) is 15.7. The van der Waals surface area contributed by atoms with Gasteiger partial charge in [-0.25, -0.2) is 23.3 Å². The first-order valence-electron chi connectivity index (χ1n) is 7.78. The predicted octanol–water partition coefficient (Wildman–Crippen LogP) is 2.43. The number of hydrogen-bond acceptors (Lipinski definition) is 4. The lowest BCUT2D eigenvalue weighted by Gasteiger charge is -2.14. The molecule has 0 aromatic heterocycles. The zero-order chi connectivity index (χ0) is 17.9. The Morgan fingerprint density at radius 1 is 1.16 bits per heavy atom. The maximum atomic E-state index is 12.6. The van der Waals surface area contributed by atoms with Gasteiger partial charge in [0.25, 0.3) is 6.04 Å². The van der Waals surface area contributed by atoms with Crippen LogP contribution >= 0.6 is 0 Å². The van der Waals surface area contributed by atoms with Crippen molar-refractivity contribution in [2.75, 3.05) is 0 Å². The molecular weight excluding hydrogens is 340 g/mol. The van der Waals surface area contributed by atoms with E-state index in [2.05, 4.69) is 10.6 Å². The van der Waals surface area contributed by atoms with Gasteiger partial charge < -0.3 is 0 Å². The minimum absolute atomic E-state index is 0.169. The second-order valence-electron chi connectivity index (χ2n) is 5.78. The van der Waals surface area contributed by atoms with Crippen molar-refractivity contribution in [3.05, 3.63) is 75.3 Å². The van der Waals surface area contributed by atoms with Gasteiger partial charge in [-0.1, -0.05) is 36.4 Å². The van der Waals surface area contributed by atoms with Crippen molar-refractivity contribution in [3.8, 4) is 12.0 Å². The van der Waals surface area contributed by atoms with E-state index in [4.69, 9.17) is 0 Å². The summed E-state index contributed by atoms with van der Waals surface area (Å²) in [5.74, 6) is 2.41. The van der Waals surface area contributed by atoms with Gasteiger partial charge in [-0.2, -0.15) is 0 Å². The molecule has 0 aliphatic heterocycles. The summed E-state index contributed by atoms with van der Waals surface area (Å²) in [5.41, 5.74) is 2.92. The highest BCUT2D eigenvalue weighted by Gasteiger charge is 2.27. The third-order valence-corrected chi connectivity index (χ3v) is 5.61. The molecule has 1 aliphatic rings. The molecule has 7 heteroatoms. The molecule has 25 heavy (non-hydrogen) atoms. The van der Waals surface area contributed by atoms with Gasteiger partial charge in [0.15, 0.2) is 0 Å². The van der Waals surface area contributed by atoms with Crippen LogP contribution in [0.4, 0.5) is 0 Å². The molecule has 0 fully saturated rings. The molecule has 0 radical (unpaired) electrons. The van der Waals surface area contributed by atoms with E-state index in [-0.39, 0.29) is 17.4 Å². The average Bonchev–Trinajstić information content (AvgIpc) is 2.98. The van der Waals surface area contributed by atoms with Gasteiger partial charge in [-0.05, 0) is 47.6 Å². The van der Waals surface area contributed by atoms with Crippen LogP contribution < -0.4 is 4.72 Å². The first-order chi connectivity index (χ1) is 12.0. The van der Waals surface area contributed by atoms with E-state index in [0.29, 0.717) is 0 Å². The number of fused-ring (bicyclic) bond motifs is 1. The summed E-state index contributed by atoms with van der Waals surface area (Å²) >= 11 is 0.